The van der Waals surface area contributed by atoms with E-state index in [1.165, 1.54) is 5.56 Å². The van der Waals surface area contributed by atoms with Gasteiger partial charge < -0.3 is 0 Å². The van der Waals surface area contributed by atoms with E-state index in [0.717, 1.165) is 33.1 Å². The molecule has 0 N–H and O–H groups in total. The van der Waals surface area contributed by atoms with E-state index >= 15 is 0 Å². The summed E-state index contributed by atoms with van der Waals surface area (Å²) in [6, 6.07) is 18.5. The predicted octanol–water partition coefficient (Wildman–Crippen LogP) is 5.83. The van der Waals surface area contributed by atoms with Gasteiger partial charge in [0.05, 0.1) is 10.9 Å². The molecule has 21 heavy (non-hydrogen) atoms. The molecule has 1 atom stereocenters. The van der Waals surface area contributed by atoms with Crippen molar-refractivity contribution in [1.29, 1.82) is 0 Å². The molecule has 0 aliphatic heterocycles. The molecule has 0 bridgehead atoms. The predicted molar refractivity (Wildman–Crippen MR) is 92.9 cm³/mol. The van der Waals surface area contributed by atoms with Crippen LogP contribution in [0.25, 0.3) is 10.9 Å². The Hall–Kier alpha value is -1.38. The molecular formula is C18H15BrClN. The summed E-state index contributed by atoms with van der Waals surface area (Å²) in [5.74, 6) is 0. The molecule has 0 saturated carbocycles. The minimum Gasteiger partial charge on any atom is -0.253 e. The van der Waals surface area contributed by atoms with Crippen LogP contribution in [0.15, 0.2) is 59.1 Å². The topological polar surface area (TPSA) is 12.9 Å². The zero-order valence-electron chi connectivity index (χ0n) is 11.7. The summed E-state index contributed by atoms with van der Waals surface area (Å²) in [4.78, 5) is 4.69. The summed E-state index contributed by atoms with van der Waals surface area (Å²) >= 11 is 10.1. The Morgan fingerprint density at radius 2 is 1.90 bits per heavy atom. The van der Waals surface area contributed by atoms with E-state index in [-0.39, 0.29) is 5.38 Å². The number of aryl methyl sites for hydroxylation is 1. The number of halogens is 2. The van der Waals surface area contributed by atoms with Gasteiger partial charge in [0.25, 0.3) is 0 Å². The van der Waals surface area contributed by atoms with Gasteiger partial charge in [-0.3, -0.25) is 4.98 Å². The highest BCUT2D eigenvalue weighted by Crippen LogP contribution is 2.28. The van der Waals surface area contributed by atoms with Crippen LogP contribution < -0.4 is 0 Å². The number of pyridine rings is 1. The third-order valence-corrected chi connectivity index (χ3v) is 4.88. The largest absolute Gasteiger partial charge is 0.253 e. The van der Waals surface area contributed by atoms with Crippen molar-refractivity contribution in [2.75, 3.05) is 0 Å². The summed E-state index contributed by atoms with van der Waals surface area (Å²) in [7, 11) is 0. The van der Waals surface area contributed by atoms with Gasteiger partial charge in [-0.2, -0.15) is 0 Å². The fourth-order valence-corrected chi connectivity index (χ4v) is 2.93. The molecule has 0 fully saturated rings. The number of hydrogen-bond donors (Lipinski definition) is 0. The zero-order chi connectivity index (χ0) is 14.8. The molecule has 1 nitrogen and oxygen atoms in total. The van der Waals surface area contributed by atoms with Crippen molar-refractivity contribution in [3.05, 3.63) is 75.9 Å². The summed E-state index contributed by atoms with van der Waals surface area (Å²) in [6.45, 7) is 2.07. The van der Waals surface area contributed by atoms with Crippen LogP contribution in [0, 0.1) is 6.92 Å². The molecule has 0 amide bonds. The van der Waals surface area contributed by atoms with Crippen LogP contribution in [-0.2, 0) is 6.42 Å². The molecule has 3 aromatic rings. The van der Waals surface area contributed by atoms with Gasteiger partial charge in [-0.05, 0) is 36.2 Å². The molecule has 0 radical (unpaired) electrons. The number of hydrogen-bond acceptors (Lipinski definition) is 1. The average Bonchev–Trinajstić information content (AvgIpc) is 2.50. The smallest absolute Gasteiger partial charge is 0.0705 e. The van der Waals surface area contributed by atoms with Crippen molar-refractivity contribution in [1.82, 2.24) is 4.98 Å². The molecule has 1 heterocycles. The van der Waals surface area contributed by atoms with Gasteiger partial charge in [0.1, 0.15) is 0 Å². The highest BCUT2D eigenvalue weighted by molar-refractivity contribution is 9.10. The standard InChI is InChI=1S/C18H15BrClN/c1-12-10-14(7-9-16(12)19)17(20)11-15-8-6-13-4-2-3-5-18(13)21-15/h2-10,17H,11H2,1H3. The number of nitrogens with zero attached hydrogens (tertiary/aromatic N) is 1. The zero-order valence-corrected chi connectivity index (χ0v) is 14.0. The number of rotatable bonds is 3. The quantitative estimate of drug-likeness (QED) is 0.536. The second kappa shape index (κ2) is 6.17. The van der Waals surface area contributed by atoms with Crippen molar-refractivity contribution in [2.45, 2.75) is 18.7 Å². The Morgan fingerprint density at radius 3 is 2.71 bits per heavy atom. The Labute approximate surface area is 138 Å². The minimum atomic E-state index is -0.0644. The van der Waals surface area contributed by atoms with Gasteiger partial charge in [0, 0.05) is 22.0 Å². The molecular weight excluding hydrogens is 346 g/mol. The second-order valence-corrected chi connectivity index (χ2v) is 6.56. The van der Waals surface area contributed by atoms with Crippen LogP contribution in [0.2, 0.25) is 0 Å². The van der Waals surface area contributed by atoms with Crippen LogP contribution in [0.5, 0.6) is 0 Å². The van der Waals surface area contributed by atoms with Crippen LogP contribution >= 0.6 is 27.5 Å². The molecule has 0 saturated heterocycles. The lowest BCUT2D eigenvalue weighted by Crippen LogP contribution is -1.99. The van der Waals surface area contributed by atoms with Crippen LogP contribution in [0.3, 0.4) is 0 Å². The first-order chi connectivity index (χ1) is 10.1. The molecule has 3 rings (SSSR count). The molecule has 2 aromatic carbocycles. The van der Waals surface area contributed by atoms with Gasteiger partial charge >= 0.3 is 0 Å². The lowest BCUT2D eigenvalue weighted by Gasteiger charge is -2.11. The van der Waals surface area contributed by atoms with Gasteiger partial charge in [-0.15, -0.1) is 11.6 Å². The lowest BCUT2D eigenvalue weighted by molar-refractivity contribution is 0.886. The number of fused-ring (bicyclic) bond motifs is 1. The number of aromatic nitrogens is 1. The molecule has 3 heteroatoms. The van der Waals surface area contributed by atoms with Crippen molar-refractivity contribution in [2.24, 2.45) is 0 Å². The Kier molecular flexibility index (Phi) is 4.27. The summed E-state index contributed by atoms with van der Waals surface area (Å²) in [6.07, 6.45) is 0.730. The maximum Gasteiger partial charge on any atom is 0.0705 e. The maximum atomic E-state index is 6.56. The summed E-state index contributed by atoms with van der Waals surface area (Å²) < 4.78 is 1.11. The fraction of sp³-hybridized carbons (Fsp3) is 0.167. The Bertz CT molecular complexity index is 785. The third kappa shape index (κ3) is 3.28. The number of para-hydroxylation sites is 1. The van der Waals surface area contributed by atoms with Crippen LogP contribution in [0.4, 0.5) is 0 Å². The SMILES string of the molecule is Cc1cc(C(Cl)Cc2ccc3ccccc3n2)ccc1Br. The summed E-state index contributed by atoms with van der Waals surface area (Å²) in [5.41, 5.74) is 4.37. The molecule has 1 unspecified atom stereocenters. The average molecular weight is 361 g/mol. The van der Waals surface area contributed by atoms with E-state index in [0.29, 0.717) is 0 Å². The van der Waals surface area contributed by atoms with Gasteiger partial charge in [-0.1, -0.05) is 52.3 Å². The molecule has 0 spiro atoms. The fourth-order valence-electron chi connectivity index (χ4n) is 2.39. The third-order valence-electron chi connectivity index (χ3n) is 3.59. The minimum absolute atomic E-state index is 0.0644. The first-order valence-corrected chi connectivity index (χ1v) is 8.11. The number of alkyl halides is 1. The lowest BCUT2D eigenvalue weighted by atomic mass is 10.0. The van der Waals surface area contributed by atoms with Gasteiger partial charge in [0.2, 0.25) is 0 Å². The highest BCUT2D eigenvalue weighted by Gasteiger charge is 2.11. The van der Waals surface area contributed by atoms with Crippen LogP contribution in [-0.4, -0.2) is 4.98 Å². The maximum absolute atomic E-state index is 6.56. The molecule has 1 aromatic heterocycles. The van der Waals surface area contributed by atoms with Gasteiger partial charge in [-0.25, -0.2) is 0 Å². The van der Waals surface area contributed by atoms with Crippen molar-refractivity contribution in [3.63, 3.8) is 0 Å². The summed E-state index contributed by atoms with van der Waals surface area (Å²) in [5, 5.41) is 1.09. The van der Waals surface area contributed by atoms with Crippen molar-refractivity contribution in [3.8, 4) is 0 Å². The van der Waals surface area contributed by atoms with E-state index in [4.69, 9.17) is 11.6 Å². The monoisotopic (exact) mass is 359 g/mol. The van der Waals surface area contributed by atoms with Crippen molar-refractivity contribution >= 4 is 38.4 Å². The Morgan fingerprint density at radius 1 is 1.10 bits per heavy atom. The first kappa shape index (κ1) is 14.6. The van der Waals surface area contributed by atoms with Gasteiger partial charge in [0.15, 0.2) is 0 Å². The first-order valence-electron chi connectivity index (χ1n) is 6.88. The van der Waals surface area contributed by atoms with E-state index < -0.39 is 0 Å². The van der Waals surface area contributed by atoms with Crippen molar-refractivity contribution < 1.29 is 0 Å². The molecule has 0 aliphatic carbocycles. The number of benzene rings is 2. The highest BCUT2D eigenvalue weighted by atomic mass is 79.9. The Balaban J connectivity index is 1.85. The van der Waals surface area contributed by atoms with Crippen LogP contribution in [0.1, 0.15) is 22.2 Å². The van der Waals surface area contributed by atoms with E-state index in [1.54, 1.807) is 0 Å². The molecule has 106 valence electrons. The van der Waals surface area contributed by atoms with E-state index in [1.807, 2.05) is 24.3 Å². The van der Waals surface area contributed by atoms with E-state index in [2.05, 4.69) is 58.2 Å². The van der Waals surface area contributed by atoms with E-state index in [9.17, 15) is 0 Å². The molecule has 0 aliphatic rings. The normalized spacial score (nSPS) is 12.5. The second-order valence-electron chi connectivity index (χ2n) is 5.18.